The minimum absolute atomic E-state index is 0.00790. The highest BCUT2D eigenvalue weighted by Gasteiger charge is 2.49. The van der Waals surface area contributed by atoms with Gasteiger partial charge in [-0.25, -0.2) is 14.8 Å². The average molecular weight is 601 g/mol. The van der Waals surface area contributed by atoms with Gasteiger partial charge in [0.2, 0.25) is 11.8 Å². The largest absolute Gasteiger partial charge is 0.471 e. The highest BCUT2D eigenvalue weighted by atomic mass is 19.3. The summed E-state index contributed by atoms with van der Waals surface area (Å²) >= 11 is 0. The highest BCUT2D eigenvalue weighted by Crippen LogP contribution is 2.44. The van der Waals surface area contributed by atoms with Gasteiger partial charge >= 0.3 is 6.09 Å². The summed E-state index contributed by atoms with van der Waals surface area (Å²) in [6.45, 7) is 9.04. The van der Waals surface area contributed by atoms with Crippen molar-refractivity contribution in [3.8, 4) is 5.88 Å². The normalized spacial score (nSPS) is 32.1. The van der Waals surface area contributed by atoms with Crippen LogP contribution in [-0.2, 0) is 20.2 Å². The number of carbonyl (C=O) groups is 3. The molecule has 11 heteroatoms. The quantitative estimate of drug-likeness (QED) is 0.413. The monoisotopic (exact) mass is 600 g/mol. The first-order valence-corrected chi connectivity index (χ1v) is 15.3. The smallest absolute Gasteiger partial charge is 0.408 e. The lowest BCUT2D eigenvalue weighted by Crippen LogP contribution is -2.57. The van der Waals surface area contributed by atoms with E-state index in [1.165, 1.54) is 4.90 Å². The molecule has 234 valence electrons. The van der Waals surface area contributed by atoms with E-state index in [0.29, 0.717) is 36.6 Å². The molecule has 0 spiro atoms. The van der Waals surface area contributed by atoms with Crippen LogP contribution in [0.25, 0.3) is 11.0 Å². The molecular weight excluding hydrogens is 558 g/mol. The Morgan fingerprint density at radius 1 is 1.05 bits per heavy atom. The van der Waals surface area contributed by atoms with Crippen LogP contribution >= 0.6 is 0 Å². The Balaban J connectivity index is 1.56. The molecule has 2 amide bonds. The number of nitrogens with one attached hydrogen (secondary N) is 1. The SMILES string of the molecule is C[C@@H]1[C@@H]2CN(C(=O)[C@H](C(C)(C)C)NC(=O)O[C@]3(C)CCC[C@H]3CCCCC(F)(F)c3nc4ccccc4nc3O2)[C@@H]1C=O. The molecule has 2 bridgehead atoms. The number of hydrogen-bond donors (Lipinski definition) is 1. The third-order valence-electron chi connectivity index (χ3n) is 9.52. The summed E-state index contributed by atoms with van der Waals surface area (Å²) in [5, 5.41) is 2.81. The summed E-state index contributed by atoms with van der Waals surface area (Å²) in [5.41, 5.74) is -1.30. The summed E-state index contributed by atoms with van der Waals surface area (Å²) < 4.78 is 43.9. The Morgan fingerprint density at radius 3 is 2.40 bits per heavy atom. The Morgan fingerprint density at radius 2 is 1.72 bits per heavy atom. The number of aldehydes is 1. The zero-order valence-electron chi connectivity index (χ0n) is 25.6. The van der Waals surface area contributed by atoms with Gasteiger partial charge in [-0.1, -0.05) is 46.2 Å². The maximum atomic E-state index is 15.9. The number of alkyl carbamates (subject to hydrolysis) is 1. The standard InChI is InChI=1S/C32H42F2N4O5/c1-19-23(18-39)38-17-24(19)42-27-25(35-21-13-6-7-14-22(21)36-27)32(33,34)16-9-8-11-20-12-10-15-31(20,5)43-29(41)37-26(28(38)40)30(2,3)4/h6-7,13-14,18-20,23-24,26H,8-12,15-17H2,1-5H3,(H,37,41)/t19-,20+,23+,24-,26+,31+/m0/s1. The van der Waals surface area contributed by atoms with Crippen LogP contribution in [0.3, 0.4) is 0 Å². The van der Waals surface area contributed by atoms with Crippen LogP contribution in [0.4, 0.5) is 13.6 Å². The van der Waals surface area contributed by atoms with Crippen LogP contribution in [0.15, 0.2) is 24.3 Å². The van der Waals surface area contributed by atoms with E-state index >= 15 is 8.78 Å². The van der Waals surface area contributed by atoms with Crippen LogP contribution in [-0.4, -0.2) is 63.5 Å². The van der Waals surface area contributed by atoms with E-state index in [1.54, 1.807) is 31.2 Å². The number of para-hydroxylation sites is 2. The molecule has 2 aliphatic heterocycles. The number of amides is 2. The van der Waals surface area contributed by atoms with Crippen LogP contribution in [0, 0.1) is 17.3 Å². The number of nitrogens with zero attached hydrogens (tertiary/aromatic N) is 3. The van der Waals surface area contributed by atoms with Crippen molar-refractivity contribution >= 4 is 29.3 Å². The van der Waals surface area contributed by atoms with Gasteiger partial charge in [0.1, 0.15) is 24.0 Å². The number of alkyl halides is 2. The molecule has 1 aliphatic carbocycles. The molecule has 1 aromatic carbocycles. The Labute approximate surface area is 251 Å². The summed E-state index contributed by atoms with van der Waals surface area (Å²) in [7, 11) is 0. The van der Waals surface area contributed by atoms with E-state index in [-0.39, 0.29) is 24.8 Å². The van der Waals surface area contributed by atoms with Gasteiger partial charge in [0.05, 0.1) is 23.6 Å². The van der Waals surface area contributed by atoms with Gasteiger partial charge in [0.25, 0.3) is 5.92 Å². The molecule has 3 heterocycles. The lowest BCUT2D eigenvalue weighted by Gasteiger charge is -2.37. The number of benzene rings is 1. The number of halogens is 2. The Bertz CT molecular complexity index is 1380. The first-order chi connectivity index (χ1) is 20.2. The Kier molecular flexibility index (Phi) is 8.39. The van der Waals surface area contributed by atoms with Crippen molar-refractivity contribution in [2.75, 3.05) is 6.54 Å². The molecule has 1 aromatic heterocycles. The van der Waals surface area contributed by atoms with Gasteiger partial charge in [0.15, 0.2) is 5.69 Å². The molecule has 3 aliphatic rings. The molecule has 0 unspecified atom stereocenters. The van der Waals surface area contributed by atoms with E-state index in [1.807, 2.05) is 27.7 Å². The third kappa shape index (κ3) is 6.17. The molecule has 9 nitrogen and oxygen atoms in total. The maximum Gasteiger partial charge on any atom is 0.408 e. The predicted octanol–water partition coefficient (Wildman–Crippen LogP) is 5.79. The molecule has 6 atom stereocenters. The van der Waals surface area contributed by atoms with Gasteiger partial charge in [0, 0.05) is 12.3 Å². The summed E-state index contributed by atoms with van der Waals surface area (Å²) in [6.07, 6.45) is 2.43. The number of aromatic nitrogens is 2. The van der Waals surface area contributed by atoms with Crippen LogP contribution in [0.1, 0.15) is 85.3 Å². The summed E-state index contributed by atoms with van der Waals surface area (Å²) in [5.74, 6) is -4.62. The van der Waals surface area contributed by atoms with E-state index in [2.05, 4.69) is 15.3 Å². The molecule has 1 saturated heterocycles. The average Bonchev–Trinajstić information content (AvgIpc) is 3.46. The second-order valence-corrected chi connectivity index (χ2v) is 13.7. The van der Waals surface area contributed by atoms with Gasteiger partial charge in [-0.15, -0.1) is 0 Å². The fourth-order valence-electron chi connectivity index (χ4n) is 6.83. The maximum absolute atomic E-state index is 15.9. The molecule has 5 rings (SSSR count). The van der Waals surface area contributed by atoms with Gasteiger partial charge in [-0.3, -0.25) is 4.79 Å². The number of fused-ring (bicyclic) bond motifs is 5. The van der Waals surface area contributed by atoms with Gasteiger partial charge < -0.3 is 24.5 Å². The second kappa shape index (κ2) is 11.6. The summed E-state index contributed by atoms with van der Waals surface area (Å²) in [4.78, 5) is 49.8. The van der Waals surface area contributed by atoms with Crippen LogP contribution in [0.2, 0.25) is 0 Å². The molecule has 2 aromatic rings. The molecular formula is C32H42F2N4O5. The van der Waals surface area contributed by atoms with E-state index in [4.69, 9.17) is 9.47 Å². The third-order valence-corrected chi connectivity index (χ3v) is 9.52. The molecule has 2 fully saturated rings. The van der Waals surface area contributed by atoms with Crippen molar-refractivity contribution in [1.82, 2.24) is 20.2 Å². The van der Waals surface area contributed by atoms with Gasteiger partial charge in [-0.2, -0.15) is 8.78 Å². The second-order valence-electron chi connectivity index (χ2n) is 13.7. The van der Waals surface area contributed by atoms with Crippen molar-refractivity contribution in [3.63, 3.8) is 0 Å². The van der Waals surface area contributed by atoms with E-state index in [9.17, 15) is 14.4 Å². The molecule has 1 N–H and O–H groups in total. The molecule has 43 heavy (non-hydrogen) atoms. The minimum Gasteiger partial charge on any atom is -0.471 e. The van der Waals surface area contributed by atoms with Crippen molar-refractivity contribution in [2.45, 2.75) is 109 Å². The molecule has 1 saturated carbocycles. The lowest BCUT2D eigenvalue weighted by atomic mass is 9.85. The first kappa shape index (κ1) is 31.1. The topological polar surface area (TPSA) is 111 Å². The minimum atomic E-state index is -3.33. The number of hydrogen-bond acceptors (Lipinski definition) is 7. The van der Waals surface area contributed by atoms with E-state index in [0.717, 1.165) is 12.8 Å². The van der Waals surface area contributed by atoms with Gasteiger partial charge in [-0.05, 0) is 62.5 Å². The zero-order valence-corrected chi connectivity index (χ0v) is 25.6. The Hall–Kier alpha value is -3.37. The fourth-order valence-corrected chi connectivity index (χ4v) is 6.83. The zero-order chi connectivity index (χ0) is 31.2. The number of ether oxygens (including phenoxy) is 2. The fraction of sp³-hybridized carbons (Fsp3) is 0.656. The van der Waals surface area contributed by atoms with Crippen molar-refractivity contribution in [3.05, 3.63) is 30.0 Å². The lowest BCUT2D eigenvalue weighted by molar-refractivity contribution is -0.139. The highest BCUT2D eigenvalue weighted by molar-refractivity contribution is 5.89. The number of carbonyl (C=O) groups excluding carboxylic acids is 3. The van der Waals surface area contributed by atoms with Crippen molar-refractivity contribution < 1.29 is 32.6 Å². The summed E-state index contributed by atoms with van der Waals surface area (Å²) in [6, 6.07) is 4.87. The van der Waals surface area contributed by atoms with Crippen LogP contribution in [0.5, 0.6) is 5.88 Å². The molecule has 0 radical (unpaired) electrons. The van der Waals surface area contributed by atoms with Crippen LogP contribution < -0.4 is 10.1 Å². The number of rotatable bonds is 1. The first-order valence-electron chi connectivity index (χ1n) is 15.3. The van der Waals surface area contributed by atoms with Crippen molar-refractivity contribution in [2.24, 2.45) is 17.3 Å². The van der Waals surface area contributed by atoms with E-state index < -0.39 is 65.2 Å². The predicted molar refractivity (Wildman–Crippen MR) is 156 cm³/mol. The van der Waals surface area contributed by atoms with Crippen molar-refractivity contribution in [1.29, 1.82) is 0 Å².